The molecule has 1 aliphatic carbocycles. The Morgan fingerprint density at radius 1 is 1.15 bits per heavy atom. The average molecular weight is 282 g/mol. The second-order valence-electron chi connectivity index (χ2n) is 7.81. The lowest BCUT2D eigenvalue weighted by molar-refractivity contribution is 0.0146. The van der Waals surface area contributed by atoms with E-state index in [2.05, 4.69) is 31.0 Å². The van der Waals surface area contributed by atoms with Gasteiger partial charge in [0, 0.05) is 25.2 Å². The molecule has 0 bridgehead atoms. The van der Waals surface area contributed by atoms with Crippen LogP contribution in [-0.4, -0.2) is 49.3 Å². The monoisotopic (exact) mass is 282 g/mol. The Balaban J connectivity index is 1.80. The van der Waals surface area contributed by atoms with E-state index in [1.54, 1.807) is 0 Å². The summed E-state index contributed by atoms with van der Waals surface area (Å²) in [5.41, 5.74) is 0.244. The summed E-state index contributed by atoms with van der Waals surface area (Å²) in [5, 5.41) is 3.68. The first-order valence-corrected chi connectivity index (χ1v) is 8.50. The normalized spacial score (nSPS) is 33.3. The molecule has 0 aromatic heterocycles. The largest absolute Gasteiger partial charge is 0.381 e. The zero-order chi connectivity index (χ0) is 14.6. The van der Waals surface area contributed by atoms with Gasteiger partial charge in [0.15, 0.2) is 0 Å². The van der Waals surface area contributed by atoms with Gasteiger partial charge in [0.1, 0.15) is 0 Å². The summed E-state index contributed by atoms with van der Waals surface area (Å²) in [6.45, 7) is 10.5. The number of hydrogen-bond acceptors (Lipinski definition) is 3. The predicted octanol–water partition coefficient (Wildman–Crippen LogP) is 3.04. The Morgan fingerprint density at radius 3 is 2.65 bits per heavy atom. The van der Waals surface area contributed by atoms with Crippen LogP contribution in [0.4, 0.5) is 0 Å². The lowest BCUT2D eigenvalue weighted by Crippen LogP contribution is -2.49. The van der Waals surface area contributed by atoms with E-state index in [9.17, 15) is 0 Å². The summed E-state index contributed by atoms with van der Waals surface area (Å²) in [6.07, 6.45) is 8.47. The van der Waals surface area contributed by atoms with Crippen LogP contribution in [0.1, 0.15) is 59.3 Å². The first kappa shape index (κ1) is 16.3. The summed E-state index contributed by atoms with van der Waals surface area (Å²) in [5.74, 6) is 0.825. The van der Waals surface area contributed by atoms with Gasteiger partial charge in [0.05, 0.1) is 6.10 Å². The number of ether oxygens (including phenoxy) is 1. The molecule has 20 heavy (non-hydrogen) atoms. The summed E-state index contributed by atoms with van der Waals surface area (Å²) < 4.78 is 5.59. The molecule has 1 N–H and O–H groups in total. The topological polar surface area (TPSA) is 24.5 Å². The lowest BCUT2D eigenvalue weighted by atomic mass is 9.88. The zero-order valence-corrected chi connectivity index (χ0v) is 14.0. The molecule has 1 saturated heterocycles. The molecule has 3 nitrogen and oxygen atoms in total. The van der Waals surface area contributed by atoms with Crippen molar-refractivity contribution in [2.45, 2.75) is 77.0 Å². The van der Waals surface area contributed by atoms with Crippen LogP contribution in [0.5, 0.6) is 0 Å². The Hall–Kier alpha value is -0.120. The first-order valence-electron chi connectivity index (χ1n) is 8.50. The van der Waals surface area contributed by atoms with E-state index >= 15 is 0 Å². The number of methoxy groups -OCH3 is 1. The molecule has 0 aromatic carbocycles. The van der Waals surface area contributed by atoms with Gasteiger partial charge in [-0.3, -0.25) is 4.90 Å². The molecule has 0 radical (unpaired) electrons. The van der Waals surface area contributed by atoms with Crippen LogP contribution in [0.25, 0.3) is 0 Å². The maximum absolute atomic E-state index is 5.59. The number of likely N-dealkylation sites (tertiary alicyclic amines) is 1. The van der Waals surface area contributed by atoms with E-state index in [0.29, 0.717) is 6.10 Å². The van der Waals surface area contributed by atoms with Crippen LogP contribution >= 0.6 is 0 Å². The Kier molecular flexibility index (Phi) is 5.88. The maximum atomic E-state index is 5.59. The van der Waals surface area contributed by atoms with Crippen LogP contribution < -0.4 is 5.32 Å². The molecule has 0 amide bonds. The molecule has 1 aliphatic heterocycles. The summed E-state index contributed by atoms with van der Waals surface area (Å²) in [4.78, 5) is 2.75. The third-order valence-electron chi connectivity index (χ3n) is 4.92. The molecular weight excluding hydrogens is 248 g/mol. The molecule has 0 spiro atoms. The number of piperidine rings is 1. The van der Waals surface area contributed by atoms with Crippen molar-refractivity contribution in [3.8, 4) is 0 Å². The van der Waals surface area contributed by atoms with Gasteiger partial charge < -0.3 is 10.1 Å². The highest BCUT2D eigenvalue weighted by Gasteiger charge is 2.30. The molecule has 1 heterocycles. The fourth-order valence-corrected chi connectivity index (χ4v) is 3.71. The molecule has 3 unspecified atom stereocenters. The van der Waals surface area contributed by atoms with Crippen molar-refractivity contribution >= 4 is 0 Å². The fourth-order valence-electron chi connectivity index (χ4n) is 3.71. The van der Waals surface area contributed by atoms with Gasteiger partial charge in [-0.25, -0.2) is 0 Å². The van der Waals surface area contributed by atoms with Gasteiger partial charge in [-0.15, -0.1) is 0 Å². The van der Waals surface area contributed by atoms with Gasteiger partial charge in [-0.1, -0.05) is 0 Å². The van der Waals surface area contributed by atoms with E-state index in [1.807, 2.05) is 7.11 Å². The van der Waals surface area contributed by atoms with Crippen molar-refractivity contribution < 1.29 is 4.74 Å². The van der Waals surface area contributed by atoms with E-state index in [4.69, 9.17) is 4.74 Å². The van der Waals surface area contributed by atoms with Gasteiger partial charge in [0.25, 0.3) is 0 Å². The molecule has 1 saturated carbocycles. The Labute approximate surface area is 125 Å². The first-order chi connectivity index (χ1) is 9.48. The summed E-state index contributed by atoms with van der Waals surface area (Å²) in [6, 6.07) is 0.770. The Bertz CT molecular complexity index is 287. The van der Waals surface area contributed by atoms with Gasteiger partial charge in [0.2, 0.25) is 0 Å². The fraction of sp³-hybridized carbons (Fsp3) is 1.00. The van der Waals surface area contributed by atoms with Gasteiger partial charge in [-0.05, 0) is 78.3 Å². The quantitative estimate of drug-likeness (QED) is 0.858. The summed E-state index contributed by atoms with van der Waals surface area (Å²) in [7, 11) is 1.87. The third-order valence-corrected chi connectivity index (χ3v) is 4.92. The molecule has 2 aliphatic rings. The highest BCUT2D eigenvalue weighted by atomic mass is 16.5. The van der Waals surface area contributed by atoms with Crippen molar-refractivity contribution in [2.75, 3.05) is 26.7 Å². The standard InChI is InChI=1S/C17H34N2O/c1-17(2,3)18-12-14-7-6-10-19(13-14)15-8-5-9-16(11-15)20-4/h14-16,18H,5-13H2,1-4H3. The molecule has 0 aromatic rings. The second kappa shape index (κ2) is 7.24. The van der Waals surface area contributed by atoms with E-state index in [-0.39, 0.29) is 5.54 Å². The van der Waals surface area contributed by atoms with Crippen LogP contribution in [0, 0.1) is 5.92 Å². The molecule has 118 valence electrons. The van der Waals surface area contributed by atoms with E-state index < -0.39 is 0 Å². The zero-order valence-electron chi connectivity index (χ0n) is 14.0. The van der Waals surface area contributed by atoms with Crippen molar-refractivity contribution in [3.63, 3.8) is 0 Å². The van der Waals surface area contributed by atoms with Crippen LogP contribution in [-0.2, 0) is 4.74 Å². The molecule has 3 heteroatoms. The second-order valence-corrected chi connectivity index (χ2v) is 7.81. The van der Waals surface area contributed by atoms with Crippen molar-refractivity contribution in [1.82, 2.24) is 10.2 Å². The predicted molar refractivity (Wildman–Crippen MR) is 85.1 cm³/mol. The number of rotatable bonds is 4. The third kappa shape index (κ3) is 5.01. The number of nitrogens with one attached hydrogen (secondary N) is 1. The summed E-state index contributed by atoms with van der Waals surface area (Å²) >= 11 is 0. The van der Waals surface area contributed by atoms with Crippen molar-refractivity contribution in [2.24, 2.45) is 5.92 Å². The highest BCUT2D eigenvalue weighted by Crippen LogP contribution is 2.28. The number of nitrogens with zero attached hydrogens (tertiary/aromatic N) is 1. The van der Waals surface area contributed by atoms with Crippen LogP contribution in [0.15, 0.2) is 0 Å². The van der Waals surface area contributed by atoms with Crippen molar-refractivity contribution in [1.29, 1.82) is 0 Å². The van der Waals surface area contributed by atoms with Gasteiger partial charge >= 0.3 is 0 Å². The maximum Gasteiger partial charge on any atom is 0.0586 e. The number of hydrogen-bond donors (Lipinski definition) is 1. The SMILES string of the molecule is COC1CCCC(N2CCCC(CNC(C)(C)C)C2)C1. The smallest absolute Gasteiger partial charge is 0.0586 e. The lowest BCUT2D eigenvalue weighted by Gasteiger charge is -2.42. The van der Waals surface area contributed by atoms with E-state index in [0.717, 1.165) is 12.0 Å². The average Bonchev–Trinajstić information content (AvgIpc) is 2.45. The molecule has 2 rings (SSSR count). The van der Waals surface area contributed by atoms with E-state index in [1.165, 1.54) is 58.2 Å². The molecule has 3 atom stereocenters. The van der Waals surface area contributed by atoms with Crippen LogP contribution in [0.2, 0.25) is 0 Å². The Morgan fingerprint density at radius 2 is 1.95 bits per heavy atom. The minimum absolute atomic E-state index is 0.244. The molecular formula is C17H34N2O. The van der Waals surface area contributed by atoms with Crippen LogP contribution in [0.3, 0.4) is 0 Å². The van der Waals surface area contributed by atoms with Gasteiger partial charge in [-0.2, -0.15) is 0 Å². The molecule has 2 fully saturated rings. The minimum Gasteiger partial charge on any atom is -0.381 e. The highest BCUT2D eigenvalue weighted by molar-refractivity contribution is 4.86. The minimum atomic E-state index is 0.244. The van der Waals surface area contributed by atoms with Crippen molar-refractivity contribution in [3.05, 3.63) is 0 Å².